The van der Waals surface area contributed by atoms with E-state index in [9.17, 15) is 0 Å². The van der Waals surface area contributed by atoms with Gasteiger partial charge in [0.2, 0.25) is 0 Å². The van der Waals surface area contributed by atoms with Crippen molar-refractivity contribution in [3.63, 3.8) is 0 Å². The zero-order chi connectivity index (χ0) is 8.10. The van der Waals surface area contributed by atoms with E-state index < -0.39 is 0 Å². The molecule has 1 rings (SSSR count). The second kappa shape index (κ2) is 4.52. The maximum atomic E-state index is 4.17. The van der Waals surface area contributed by atoms with E-state index in [-0.39, 0.29) is 0 Å². The molecule has 11 heavy (non-hydrogen) atoms. The van der Waals surface area contributed by atoms with Crippen molar-refractivity contribution >= 4 is 0 Å². The predicted molar refractivity (Wildman–Crippen MR) is 45.9 cm³/mol. The van der Waals surface area contributed by atoms with Crippen LogP contribution in [0.5, 0.6) is 0 Å². The maximum absolute atomic E-state index is 4.17. The average molecular weight is 156 g/mol. The van der Waals surface area contributed by atoms with E-state index in [1.54, 1.807) is 0 Å². The molecular weight excluding hydrogens is 136 g/mol. The van der Waals surface area contributed by atoms with Gasteiger partial charge in [0.05, 0.1) is 19.1 Å². The van der Waals surface area contributed by atoms with E-state index in [1.807, 2.05) is 6.08 Å². The number of rotatable bonds is 3. The van der Waals surface area contributed by atoms with E-state index in [1.165, 1.54) is 25.9 Å². The van der Waals surface area contributed by atoms with Crippen LogP contribution in [0.15, 0.2) is 12.7 Å². The smallest absolute Gasteiger partial charge is 0.0911 e. The Balaban J connectivity index is 2.26. The van der Waals surface area contributed by atoms with Crippen molar-refractivity contribution in [1.29, 1.82) is 0 Å². The number of hydrogen-bond donors (Lipinski definition) is 2. The predicted octanol–water partition coefficient (Wildman–Crippen LogP) is -0.854. The van der Waals surface area contributed by atoms with Crippen LogP contribution in [0.25, 0.3) is 0 Å². The molecule has 1 aliphatic heterocycles. The molecule has 0 aliphatic carbocycles. The van der Waals surface area contributed by atoms with Gasteiger partial charge in [-0.2, -0.15) is 0 Å². The zero-order valence-corrected chi connectivity index (χ0v) is 7.26. The first kappa shape index (κ1) is 8.75. The fourth-order valence-corrected chi connectivity index (χ4v) is 1.83. The molecule has 0 saturated carbocycles. The van der Waals surface area contributed by atoms with Crippen LogP contribution in [0.2, 0.25) is 0 Å². The van der Waals surface area contributed by atoms with E-state index in [2.05, 4.69) is 17.6 Å². The Bertz CT molecular complexity index is 117. The first-order valence-corrected chi connectivity index (χ1v) is 4.60. The van der Waals surface area contributed by atoms with Crippen LogP contribution in [-0.4, -0.2) is 19.1 Å². The van der Waals surface area contributed by atoms with Gasteiger partial charge in [-0.1, -0.05) is 6.08 Å². The molecule has 5 N–H and O–H groups in total. The summed E-state index contributed by atoms with van der Waals surface area (Å²) >= 11 is 0. The highest BCUT2D eigenvalue weighted by molar-refractivity contribution is 4.77. The minimum atomic E-state index is 0.612. The van der Waals surface area contributed by atoms with Crippen molar-refractivity contribution in [2.45, 2.75) is 25.3 Å². The van der Waals surface area contributed by atoms with Crippen molar-refractivity contribution < 1.29 is 11.1 Å². The second-order valence-electron chi connectivity index (χ2n) is 3.49. The molecule has 0 bridgehead atoms. The van der Waals surface area contributed by atoms with E-state index >= 15 is 0 Å². The third-order valence-corrected chi connectivity index (χ3v) is 2.62. The van der Waals surface area contributed by atoms with Gasteiger partial charge in [-0.25, -0.2) is 0 Å². The second-order valence-corrected chi connectivity index (χ2v) is 3.49. The normalized spacial score (nSPS) is 23.0. The van der Waals surface area contributed by atoms with Crippen molar-refractivity contribution in [2.75, 3.05) is 13.1 Å². The van der Waals surface area contributed by atoms with E-state index in [0.717, 1.165) is 12.3 Å². The van der Waals surface area contributed by atoms with Crippen LogP contribution in [0, 0.1) is 5.92 Å². The van der Waals surface area contributed by atoms with Gasteiger partial charge in [-0.3, -0.25) is 0 Å². The Morgan fingerprint density at radius 3 is 2.73 bits per heavy atom. The summed E-state index contributed by atoms with van der Waals surface area (Å²) in [6, 6.07) is 0.612. The van der Waals surface area contributed by atoms with Crippen LogP contribution in [0.3, 0.4) is 0 Å². The molecule has 0 radical (unpaired) electrons. The minimum Gasteiger partial charge on any atom is -0.355 e. The molecule has 1 saturated heterocycles. The summed E-state index contributed by atoms with van der Waals surface area (Å²) in [5.74, 6) is 0.859. The number of nitrogens with two attached hydrogens (primary N) is 1. The summed E-state index contributed by atoms with van der Waals surface area (Å²) in [5, 5.41) is 2.40. The van der Waals surface area contributed by atoms with Gasteiger partial charge in [-0.15, -0.1) is 6.58 Å². The lowest BCUT2D eigenvalue weighted by molar-refractivity contribution is -0.667. The van der Waals surface area contributed by atoms with Gasteiger partial charge in [0.1, 0.15) is 0 Å². The molecule has 2 nitrogen and oxygen atoms in total. The lowest BCUT2D eigenvalue weighted by Crippen LogP contribution is -2.87. The van der Waals surface area contributed by atoms with E-state index in [4.69, 9.17) is 0 Å². The number of piperidine rings is 1. The molecule has 0 aromatic carbocycles. The quantitative estimate of drug-likeness (QED) is 0.500. The first-order chi connectivity index (χ1) is 5.34. The van der Waals surface area contributed by atoms with E-state index in [0.29, 0.717) is 6.04 Å². The SMILES string of the molecule is C=CC[C@H]([NH3+])C1CC[NH2+]CC1. The number of hydrogen-bond acceptors (Lipinski definition) is 0. The van der Waals surface area contributed by atoms with Gasteiger partial charge < -0.3 is 11.1 Å². The molecule has 1 atom stereocenters. The van der Waals surface area contributed by atoms with Crippen molar-refractivity contribution in [1.82, 2.24) is 0 Å². The molecule has 0 amide bonds. The largest absolute Gasteiger partial charge is 0.355 e. The Labute approximate surface area is 68.9 Å². The third-order valence-electron chi connectivity index (χ3n) is 2.62. The lowest BCUT2D eigenvalue weighted by Gasteiger charge is -2.22. The maximum Gasteiger partial charge on any atom is 0.0911 e. The highest BCUT2D eigenvalue weighted by Crippen LogP contribution is 2.13. The van der Waals surface area contributed by atoms with Gasteiger partial charge in [-0.05, 0) is 0 Å². The Hall–Kier alpha value is -0.340. The molecule has 0 aromatic rings. The molecule has 1 fully saturated rings. The minimum absolute atomic E-state index is 0.612. The molecule has 1 aliphatic rings. The van der Waals surface area contributed by atoms with Crippen molar-refractivity contribution in [3.05, 3.63) is 12.7 Å². The first-order valence-electron chi connectivity index (χ1n) is 4.60. The van der Waals surface area contributed by atoms with Crippen molar-refractivity contribution in [3.8, 4) is 0 Å². The molecule has 0 aromatic heterocycles. The molecule has 0 unspecified atom stereocenters. The molecule has 64 valence electrons. The summed E-state index contributed by atoms with van der Waals surface area (Å²) in [6.45, 7) is 6.35. The summed E-state index contributed by atoms with van der Waals surface area (Å²) in [7, 11) is 0. The molecular formula is C9H20N2+2. The van der Waals surface area contributed by atoms with Crippen LogP contribution in [-0.2, 0) is 0 Å². The Morgan fingerprint density at radius 1 is 1.55 bits per heavy atom. The summed E-state index contributed by atoms with van der Waals surface area (Å²) in [4.78, 5) is 0. The monoisotopic (exact) mass is 156 g/mol. The highest BCUT2D eigenvalue weighted by atomic mass is 14.9. The average Bonchev–Trinajstić information content (AvgIpc) is 2.07. The van der Waals surface area contributed by atoms with Gasteiger partial charge >= 0.3 is 0 Å². The van der Waals surface area contributed by atoms with Crippen LogP contribution < -0.4 is 11.1 Å². The topological polar surface area (TPSA) is 44.2 Å². The van der Waals surface area contributed by atoms with Gasteiger partial charge in [0, 0.05) is 25.2 Å². The molecule has 2 heteroatoms. The summed E-state index contributed by atoms with van der Waals surface area (Å²) in [5.41, 5.74) is 4.17. The summed E-state index contributed by atoms with van der Waals surface area (Å²) < 4.78 is 0. The molecule has 1 heterocycles. The fourth-order valence-electron chi connectivity index (χ4n) is 1.83. The molecule has 0 spiro atoms. The van der Waals surface area contributed by atoms with Crippen LogP contribution in [0.1, 0.15) is 19.3 Å². The van der Waals surface area contributed by atoms with Crippen LogP contribution >= 0.6 is 0 Å². The van der Waals surface area contributed by atoms with Crippen molar-refractivity contribution in [2.24, 2.45) is 5.92 Å². The Kier molecular flexibility index (Phi) is 3.60. The van der Waals surface area contributed by atoms with Crippen LogP contribution in [0.4, 0.5) is 0 Å². The van der Waals surface area contributed by atoms with Gasteiger partial charge in [0.25, 0.3) is 0 Å². The highest BCUT2D eigenvalue weighted by Gasteiger charge is 2.23. The van der Waals surface area contributed by atoms with Gasteiger partial charge in [0.15, 0.2) is 0 Å². The number of quaternary nitrogens is 2. The zero-order valence-electron chi connectivity index (χ0n) is 7.26. The summed E-state index contributed by atoms with van der Waals surface area (Å²) in [6.07, 6.45) is 5.78. The Morgan fingerprint density at radius 2 is 2.18 bits per heavy atom. The fraction of sp³-hybridized carbons (Fsp3) is 0.778. The lowest BCUT2D eigenvalue weighted by atomic mass is 9.89. The standard InChI is InChI=1S/C9H18N2/c1-2-3-9(10)8-4-6-11-7-5-8/h2,8-9,11H,1,3-7,10H2/p+2/t9-/m0/s1. The third kappa shape index (κ3) is 2.64.